The van der Waals surface area contributed by atoms with Gasteiger partial charge in [0.05, 0.1) is 26.1 Å². The fraction of sp³-hybridized carbons (Fsp3) is 0.200. The smallest absolute Gasteiger partial charge is 0.226 e. The number of aromatic nitrogens is 2. The Morgan fingerprint density at radius 2 is 1.88 bits per heavy atom. The third-order valence-corrected chi connectivity index (χ3v) is 4.64. The third kappa shape index (κ3) is 2.69. The van der Waals surface area contributed by atoms with Gasteiger partial charge in [-0.3, -0.25) is 4.79 Å². The van der Waals surface area contributed by atoms with Crippen molar-refractivity contribution in [1.82, 2.24) is 9.78 Å². The molecule has 0 saturated heterocycles. The number of methoxy groups -OCH3 is 2. The molecule has 1 amide bonds. The molecule has 3 aromatic rings. The van der Waals surface area contributed by atoms with Crippen LogP contribution in [0.2, 0.25) is 0 Å². The van der Waals surface area contributed by atoms with Crippen molar-refractivity contribution in [3.8, 4) is 17.2 Å². The Morgan fingerprint density at radius 3 is 2.62 bits per heavy atom. The molecular formula is C20H19N3O3. The molecule has 132 valence electrons. The summed E-state index contributed by atoms with van der Waals surface area (Å²) in [5.74, 6) is 1.94. The Morgan fingerprint density at radius 1 is 1.08 bits per heavy atom. The highest BCUT2D eigenvalue weighted by Gasteiger charge is 2.32. The van der Waals surface area contributed by atoms with Crippen LogP contribution in [0.5, 0.6) is 11.5 Å². The number of rotatable bonds is 4. The van der Waals surface area contributed by atoms with Gasteiger partial charge in [0.2, 0.25) is 5.91 Å². The molecule has 2 heterocycles. The van der Waals surface area contributed by atoms with E-state index in [1.165, 1.54) is 0 Å². The van der Waals surface area contributed by atoms with E-state index in [1.807, 2.05) is 54.7 Å². The summed E-state index contributed by atoms with van der Waals surface area (Å²) in [5.41, 5.74) is 2.81. The zero-order valence-electron chi connectivity index (χ0n) is 14.6. The second kappa shape index (κ2) is 6.55. The van der Waals surface area contributed by atoms with E-state index in [0.29, 0.717) is 23.7 Å². The lowest BCUT2D eigenvalue weighted by Crippen LogP contribution is -2.24. The minimum absolute atomic E-state index is 0.0435. The summed E-state index contributed by atoms with van der Waals surface area (Å²) in [6.45, 7) is 0. The van der Waals surface area contributed by atoms with Crippen LogP contribution in [-0.2, 0) is 4.79 Å². The molecule has 6 heteroatoms. The van der Waals surface area contributed by atoms with Crippen molar-refractivity contribution in [2.75, 3.05) is 19.5 Å². The maximum absolute atomic E-state index is 12.4. The van der Waals surface area contributed by atoms with Gasteiger partial charge in [-0.1, -0.05) is 24.3 Å². The van der Waals surface area contributed by atoms with Gasteiger partial charge in [-0.15, -0.1) is 0 Å². The first-order valence-electron chi connectivity index (χ1n) is 8.36. The number of ether oxygens (including phenoxy) is 2. The maximum atomic E-state index is 12.4. The normalized spacial score (nSPS) is 15.9. The van der Waals surface area contributed by atoms with Crippen LogP contribution in [0.25, 0.3) is 5.69 Å². The number of hydrogen-bond acceptors (Lipinski definition) is 4. The fourth-order valence-electron chi connectivity index (χ4n) is 3.37. The van der Waals surface area contributed by atoms with Gasteiger partial charge in [-0.2, -0.15) is 5.10 Å². The second-order valence-electron chi connectivity index (χ2n) is 6.11. The van der Waals surface area contributed by atoms with Crippen LogP contribution < -0.4 is 14.8 Å². The summed E-state index contributed by atoms with van der Waals surface area (Å²) in [6, 6.07) is 15.4. The first-order valence-corrected chi connectivity index (χ1v) is 8.36. The summed E-state index contributed by atoms with van der Waals surface area (Å²) in [4.78, 5) is 12.4. The number of fused-ring (bicyclic) bond motifs is 1. The first kappa shape index (κ1) is 16.2. The van der Waals surface area contributed by atoms with E-state index >= 15 is 0 Å². The average molecular weight is 349 g/mol. The standard InChI is InChI=1S/C20H19N3O3/c1-25-14-8-9-15(18(10-14)26-2)16-11-19(24)22-20-17(16)12-21-23(20)13-6-4-3-5-7-13/h3-10,12,16H,11H2,1-2H3,(H,22,24). The molecule has 1 unspecified atom stereocenters. The van der Waals surface area contributed by atoms with Crippen molar-refractivity contribution in [2.45, 2.75) is 12.3 Å². The molecule has 0 radical (unpaired) electrons. The number of para-hydroxylation sites is 1. The highest BCUT2D eigenvalue weighted by Crippen LogP contribution is 2.42. The molecule has 2 aromatic carbocycles. The molecule has 1 aliphatic heterocycles. The van der Waals surface area contributed by atoms with E-state index in [4.69, 9.17) is 9.47 Å². The van der Waals surface area contributed by atoms with Gasteiger partial charge in [0.25, 0.3) is 0 Å². The number of benzene rings is 2. The largest absolute Gasteiger partial charge is 0.497 e. The summed E-state index contributed by atoms with van der Waals surface area (Å²) in [7, 11) is 3.24. The molecule has 4 rings (SSSR count). The summed E-state index contributed by atoms with van der Waals surface area (Å²) in [5, 5.41) is 7.47. The van der Waals surface area contributed by atoms with Crippen LogP contribution >= 0.6 is 0 Å². The zero-order chi connectivity index (χ0) is 18.1. The lowest BCUT2D eigenvalue weighted by molar-refractivity contribution is -0.116. The number of nitrogens with zero attached hydrogens (tertiary/aromatic N) is 2. The van der Waals surface area contributed by atoms with E-state index in [0.717, 1.165) is 16.8 Å². The average Bonchev–Trinajstić information content (AvgIpc) is 3.11. The van der Waals surface area contributed by atoms with Gasteiger partial charge in [0.1, 0.15) is 17.3 Å². The Bertz CT molecular complexity index is 950. The van der Waals surface area contributed by atoms with Gasteiger partial charge >= 0.3 is 0 Å². The van der Waals surface area contributed by atoms with Gasteiger partial charge in [-0.05, 0) is 18.2 Å². The van der Waals surface area contributed by atoms with Crippen LogP contribution in [0.1, 0.15) is 23.5 Å². The third-order valence-electron chi connectivity index (χ3n) is 4.64. The summed E-state index contributed by atoms with van der Waals surface area (Å²) in [6.07, 6.45) is 2.16. The van der Waals surface area contributed by atoms with Crippen molar-refractivity contribution >= 4 is 11.7 Å². The molecular weight excluding hydrogens is 330 g/mol. The van der Waals surface area contributed by atoms with Gasteiger partial charge in [0, 0.05) is 29.5 Å². The molecule has 6 nitrogen and oxygen atoms in total. The highest BCUT2D eigenvalue weighted by molar-refractivity contribution is 5.94. The van der Waals surface area contributed by atoms with E-state index in [2.05, 4.69) is 10.4 Å². The second-order valence-corrected chi connectivity index (χ2v) is 6.11. The Hall–Kier alpha value is -3.28. The van der Waals surface area contributed by atoms with Crippen LogP contribution in [0.4, 0.5) is 5.82 Å². The van der Waals surface area contributed by atoms with Crippen LogP contribution in [0, 0.1) is 0 Å². The lowest BCUT2D eigenvalue weighted by atomic mass is 9.86. The molecule has 0 spiro atoms. The Kier molecular flexibility index (Phi) is 4.08. The molecule has 1 aliphatic rings. The fourth-order valence-corrected chi connectivity index (χ4v) is 3.37. The van der Waals surface area contributed by atoms with Crippen molar-refractivity contribution in [3.63, 3.8) is 0 Å². The SMILES string of the molecule is COc1ccc(C2CC(=O)Nc3c2cnn3-c2ccccc2)c(OC)c1. The number of carbonyl (C=O) groups is 1. The predicted molar refractivity (Wildman–Crippen MR) is 98.2 cm³/mol. The van der Waals surface area contributed by atoms with E-state index in [1.54, 1.807) is 18.9 Å². The van der Waals surface area contributed by atoms with Gasteiger partial charge in [0.15, 0.2) is 0 Å². The first-order chi connectivity index (χ1) is 12.7. The molecule has 1 atom stereocenters. The van der Waals surface area contributed by atoms with Crippen molar-refractivity contribution in [2.24, 2.45) is 0 Å². The van der Waals surface area contributed by atoms with Crippen LogP contribution in [0.3, 0.4) is 0 Å². The highest BCUT2D eigenvalue weighted by atomic mass is 16.5. The minimum atomic E-state index is -0.128. The topological polar surface area (TPSA) is 65.4 Å². The van der Waals surface area contributed by atoms with Crippen molar-refractivity contribution < 1.29 is 14.3 Å². The van der Waals surface area contributed by atoms with E-state index in [9.17, 15) is 4.79 Å². The Balaban J connectivity index is 1.82. The zero-order valence-corrected chi connectivity index (χ0v) is 14.6. The lowest BCUT2D eigenvalue weighted by Gasteiger charge is -2.25. The number of carbonyl (C=O) groups excluding carboxylic acids is 1. The molecule has 26 heavy (non-hydrogen) atoms. The van der Waals surface area contributed by atoms with E-state index in [-0.39, 0.29) is 11.8 Å². The maximum Gasteiger partial charge on any atom is 0.226 e. The molecule has 1 aromatic heterocycles. The van der Waals surface area contributed by atoms with E-state index < -0.39 is 0 Å². The molecule has 0 aliphatic carbocycles. The Labute approximate surface area is 151 Å². The minimum Gasteiger partial charge on any atom is -0.497 e. The summed E-state index contributed by atoms with van der Waals surface area (Å²) >= 11 is 0. The van der Waals surface area contributed by atoms with Crippen molar-refractivity contribution in [1.29, 1.82) is 0 Å². The number of amides is 1. The molecule has 0 fully saturated rings. The molecule has 1 N–H and O–H groups in total. The summed E-state index contributed by atoms with van der Waals surface area (Å²) < 4.78 is 12.6. The number of nitrogens with one attached hydrogen (secondary N) is 1. The van der Waals surface area contributed by atoms with Crippen LogP contribution in [0.15, 0.2) is 54.7 Å². The van der Waals surface area contributed by atoms with Gasteiger partial charge in [-0.25, -0.2) is 4.68 Å². The molecule has 0 bridgehead atoms. The monoisotopic (exact) mass is 349 g/mol. The predicted octanol–water partition coefficient (Wildman–Crippen LogP) is 3.36. The number of anilines is 1. The molecule has 0 saturated carbocycles. The van der Waals surface area contributed by atoms with Crippen LogP contribution in [-0.4, -0.2) is 29.9 Å². The number of hydrogen-bond donors (Lipinski definition) is 1. The quantitative estimate of drug-likeness (QED) is 0.784. The van der Waals surface area contributed by atoms with Crippen molar-refractivity contribution in [3.05, 3.63) is 65.9 Å². The van der Waals surface area contributed by atoms with Gasteiger partial charge < -0.3 is 14.8 Å².